The molecule has 1 N–H and O–H groups in total. The molecule has 1 saturated heterocycles. The van der Waals surface area contributed by atoms with Gasteiger partial charge in [-0.25, -0.2) is 0 Å². The summed E-state index contributed by atoms with van der Waals surface area (Å²) in [6.45, 7) is 2.55. The Bertz CT molecular complexity index is 337. The molecule has 0 radical (unpaired) electrons. The topological polar surface area (TPSA) is 38.3 Å². The molecule has 1 aromatic carbocycles. The lowest BCUT2D eigenvalue weighted by Crippen LogP contribution is -2.29. The average molecular weight is 205 g/mol. The summed E-state index contributed by atoms with van der Waals surface area (Å²) < 4.78 is 5.69. The third-order valence-electron chi connectivity index (χ3n) is 2.64. The van der Waals surface area contributed by atoms with E-state index in [0.717, 1.165) is 5.56 Å². The lowest BCUT2D eigenvalue weighted by Gasteiger charge is -2.15. The van der Waals surface area contributed by atoms with Crippen molar-refractivity contribution < 1.29 is 9.53 Å². The summed E-state index contributed by atoms with van der Waals surface area (Å²) >= 11 is 0. The smallest absolute Gasteiger partial charge is 0.222 e. The van der Waals surface area contributed by atoms with Gasteiger partial charge in [-0.1, -0.05) is 30.3 Å². The van der Waals surface area contributed by atoms with Crippen LogP contribution in [-0.4, -0.2) is 18.1 Å². The van der Waals surface area contributed by atoms with E-state index in [2.05, 4.69) is 5.32 Å². The second kappa shape index (κ2) is 4.45. The van der Waals surface area contributed by atoms with E-state index in [1.807, 2.05) is 37.3 Å². The van der Waals surface area contributed by atoms with E-state index in [1.165, 1.54) is 0 Å². The molecule has 80 valence electrons. The van der Waals surface area contributed by atoms with Gasteiger partial charge in [0.05, 0.1) is 25.2 Å². The molecular weight excluding hydrogens is 190 g/mol. The van der Waals surface area contributed by atoms with Crippen molar-refractivity contribution in [2.75, 3.05) is 0 Å². The van der Waals surface area contributed by atoms with Crippen molar-refractivity contribution in [3.05, 3.63) is 35.9 Å². The van der Waals surface area contributed by atoms with Crippen molar-refractivity contribution >= 4 is 5.91 Å². The van der Waals surface area contributed by atoms with E-state index in [0.29, 0.717) is 13.0 Å². The van der Waals surface area contributed by atoms with Crippen LogP contribution in [0.4, 0.5) is 0 Å². The third-order valence-corrected chi connectivity index (χ3v) is 2.64. The minimum absolute atomic E-state index is 0.0118. The van der Waals surface area contributed by atoms with Gasteiger partial charge in [-0.15, -0.1) is 0 Å². The zero-order valence-corrected chi connectivity index (χ0v) is 8.77. The number of benzene rings is 1. The first-order chi connectivity index (χ1) is 7.25. The monoisotopic (exact) mass is 205 g/mol. The van der Waals surface area contributed by atoms with Crippen LogP contribution < -0.4 is 5.32 Å². The summed E-state index contributed by atoms with van der Waals surface area (Å²) in [6, 6.07) is 10.1. The van der Waals surface area contributed by atoms with Crippen LogP contribution in [0.2, 0.25) is 0 Å². The highest BCUT2D eigenvalue weighted by atomic mass is 16.5. The van der Waals surface area contributed by atoms with Gasteiger partial charge in [0.25, 0.3) is 0 Å². The largest absolute Gasteiger partial charge is 0.371 e. The molecule has 1 aliphatic heterocycles. The van der Waals surface area contributed by atoms with Gasteiger partial charge in [0, 0.05) is 0 Å². The number of carbonyl (C=O) groups excluding carboxylic acids is 1. The number of nitrogens with one attached hydrogen (secondary N) is 1. The highest BCUT2D eigenvalue weighted by Gasteiger charge is 2.29. The molecular formula is C12H15NO2. The van der Waals surface area contributed by atoms with E-state index < -0.39 is 0 Å². The quantitative estimate of drug-likeness (QED) is 0.811. The Morgan fingerprint density at radius 1 is 1.40 bits per heavy atom. The van der Waals surface area contributed by atoms with Crippen LogP contribution in [0.3, 0.4) is 0 Å². The Morgan fingerprint density at radius 3 is 2.73 bits per heavy atom. The predicted molar refractivity (Wildman–Crippen MR) is 57.2 cm³/mol. The fraction of sp³-hybridized carbons (Fsp3) is 0.417. The molecule has 1 heterocycles. The Morgan fingerprint density at radius 2 is 2.13 bits per heavy atom. The second-order valence-corrected chi connectivity index (χ2v) is 3.90. The molecule has 0 bridgehead atoms. The fourth-order valence-electron chi connectivity index (χ4n) is 1.75. The molecule has 2 atom stereocenters. The number of rotatable bonds is 3. The first-order valence-electron chi connectivity index (χ1n) is 5.20. The highest BCUT2D eigenvalue weighted by molar-refractivity contribution is 5.79. The Labute approximate surface area is 89.4 Å². The summed E-state index contributed by atoms with van der Waals surface area (Å²) in [7, 11) is 0. The first kappa shape index (κ1) is 10.2. The Balaban J connectivity index is 1.86. The van der Waals surface area contributed by atoms with Crippen molar-refractivity contribution in [1.82, 2.24) is 5.32 Å². The van der Waals surface area contributed by atoms with Gasteiger partial charge >= 0.3 is 0 Å². The Kier molecular flexibility index (Phi) is 3.02. The van der Waals surface area contributed by atoms with Crippen LogP contribution in [0.25, 0.3) is 0 Å². The lowest BCUT2D eigenvalue weighted by atomic mass is 10.2. The van der Waals surface area contributed by atoms with Gasteiger partial charge in [0.2, 0.25) is 5.91 Å². The minimum Gasteiger partial charge on any atom is -0.371 e. The third kappa shape index (κ3) is 2.57. The summed E-state index contributed by atoms with van der Waals surface area (Å²) in [4.78, 5) is 11.1. The SMILES string of the molecule is C[C@H]1NC(=O)C[C@@H]1OCc1ccccc1. The molecule has 15 heavy (non-hydrogen) atoms. The standard InChI is InChI=1S/C12H15NO2/c1-9-11(7-12(14)13-9)15-8-10-5-3-2-4-6-10/h2-6,9,11H,7-8H2,1H3,(H,13,14)/t9-,11+/m1/s1. The predicted octanol–water partition coefficient (Wildman–Crippen LogP) is 1.48. The molecule has 2 rings (SSSR count). The van der Waals surface area contributed by atoms with Crippen molar-refractivity contribution in [2.45, 2.75) is 32.1 Å². The summed E-state index contributed by atoms with van der Waals surface area (Å²) in [5, 5.41) is 2.84. The maximum Gasteiger partial charge on any atom is 0.222 e. The molecule has 1 aliphatic rings. The number of amides is 1. The van der Waals surface area contributed by atoms with Crippen LogP contribution in [0, 0.1) is 0 Å². The molecule has 0 saturated carbocycles. The molecule has 0 unspecified atom stereocenters. The van der Waals surface area contributed by atoms with Gasteiger partial charge in [0.15, 0.2) is 0 Å². The van der Waals surface area contributed by atoms with Crippen LogP contribution in [0.5, 0.6) is 0 Å². The van der Waals surface area contributed by atoms with E-state index in [1.54, 1.807) is 0 Å². The molecule has 0 aromatic heterocycles. The van der Waals surface area contributed by atoms with E-state index in [-0.39, 0.29) is 18.1 Å². The summed E-state index contributed by atoms with van der Waals surface area (Å²) in [5.41, 5.74) is 1.14. The van der Waals surface area contributed by atoms with Crippen LogP contribution in [0.15, 0.2) is 30.3 Å². The van der Waals surface area contributed by atoms with E-state index >= 15 is 0 Å². The second-order valence-electron chi connectivity index (χ2n) is 3.90. The zero-order chi connectivity index (χ0) is 10.7. The highest BCUT2D eigenvalue weighted by Crippen LogP contribution is 2.14. The normalized spacial score (nSPS) is 25.3. The van der Waals surface area contributed by atoms with Gasteiger partial charge in [-0.2, -0.15) is 0 Å². The average Bonchev–Trinajstić information content (AvgIpc) is 2.56. The number of hydrogen-bond donors (Lipinski definition) is 1. The maximum atomic E-state index is 11.1. The van der Waals surface area contributed by atoms with Crippen molar-refractivity contribution in [3.8, 4) is 0 Å². The van der Waals surface area contributed by atoms with Crippen molar-refractivity contribution in [1.29, 1.82) is 0 Å². The fourth-order valence-corrected chi connectivity index (χ4v) is 1.75. The molecule has 1 amide bonds. The van der Waals surface area contributed by atoms with Crippen LogP contribution in [0.1, 0.15) is 18.9 Å². The molecule has 3 nitrogen and oxygen atoms in total. The van der Waals surface area contributed by atoms with Crippen molar-refractivity contribution in [3.63, 3.8) is 0 Å². The maximum absolute atomic E-state index is 11.1. The van der Waals surface area contributed by atoms with Gasteiger partial charge in [-0.05, 0) is 12.5 Å². The summed E-state index contributed by atoms with van der Waals surface area (Å²) in [5.74, 6) is 0.0839. The van der Waals surface area contributed by atoms with Gasteiger partial charge < -0.3 is 10.1 Å². The first-order valence-corrected chi connectivity index (χ1v) is 5.20. The molecule has 0 aliphatic carbocycles. The number of carbonyl (C=O) groups is 1. The molecule has 1 fully saturated rings. The summed E-state index contributed by atoms with van der Waals surface area (Å²) in [6.07, 6.45) is 0.492. The molecule has 1 aromatic rings. The zero-order valence-electron chi connectivity index (χ0n) is 8.77. The molecule has 0 spiro atoms. The van der Waals surface area contributed by atoms with Crippen LogP contribution in [-0.2, 0) is 16.1 Å². The minimum atomic E-state index is 0.0118. The lowest BCUT2D eigenvalue weighted by molar-refractivity contribution is -0.119. The van der Waals surface area contributed by atoms with E-state index in [9.17, 15) is 4.79 Å². The number of hydrogen-bond acceptors (Lipinski definition) is 2. The van der Waals surface area contributed by atoms with E-state index in [4.69, 9.17) is 4.74 Å². The van der Waals surface area contributed by atoms with Crippen LogP contribution >= 0.6 is 0 Å². The Hall–Kier alpha value is -1.35. The van der Waals surface area contributed by atoms with Crippen molar-refractivity contribution in [2.24, 2.45) is 0 Å². The number of ether oxygens (including phenoxy) is 1. The van der Waals surface area contributed by atoms with Gasteiger partial charge in [0.1, 0.15) is 0 Å². The van der Waals surface area contributed by atoms with Gasteiger partial charge in [-0.3, -0.25) is 4.79 Å². The molecule has 3 heteroatoms.